The number of amides is 1. The maximum absolute atomic E-state index is 12.9. The summed E-state index contributed by atoms with van der Waals surface area (Å²) in [5, 5.41) is 13.1. The maximum Gasteiger partial charge on any atom is 0.335 e. The van der Waals surface area contributed by atoms with Crippen LogP contribution >= 0.6 is 0 Å². The van der Waals surface area contributed by atoms with Gasteiger partial charge in [0, 0.05) is 26.0 Å². The van der Waals surface area contributed by atoms with Gasteiger partial charge in [0.1, 0.15) is 17.2 Å². The Labute approximate surface area is 197 Å². The van der Waals surface area contributed by atoms with Crippen molar-refractivity contribution in [2.24, 2.45) is 5.92 Å². The van der Waals surface area contributed by atoms with Crippen LogP contribution in [0.3, 0.4) is 0 Å². The van der Waals surface area contributed by atoms with Gasteiger partial charge in [-0.05, 0) is 36.6 Å². The molecular weight excluding hydrogens is 436 g/mol. The number of rotatable bonds is 9. The van der Waals surface area contributed by atoms with E-state index in [-0.39, 0.29) is 29.8 Å². The van der Waals surface area contributed by atoms with Gasteiger partial charge in [0.25, 0.3) is 0 Å². The SMILES string of the molecule is CN1C(=O)[C@@H](CCCCC(=O)c2cc(Cc3ccccc3)on2)COc2ccc(C(=O)O)cc21. The zero-order valence-corrected chi connectivity index (χ0v) is 18.9. The highest BCUT2D eigenvalue weighted by Crippen LogP contribution is 2.34. The molecule has 0 radical (unpaired) electrons. The number of anilines is 1. The smallest absolute Gasteiger partial charge is 0.335 e. The number of ether oxygens (including phenoxy) is 1. The van der Waals surface area contributed by atoms with Crippen LogP contribution in [0.4, 0.5) is 5.69 Å². The molecule has 1 amide bonds. The number of aromatic nitrogens is 1. The van der Waals surface area contributed by atoms with Crippen LogP contribution in [0.5, 0.6) is 5.75 Å². The number of carbonyl (C=O) groups excluding carboxylic acids is 2. The Hall–Kier alpha value is -3.94. The molecular formula is C26H26N2O6. The topological polar surface area (TPSA) is 110 Å². The van der Waals surface area contributed by atoms with Crippen LogP contribution < -0.4 is 9.64 Å². The Morgan fingerprint density at radius 1 is 1.12 bits per heavy atom. The second-order valence-electron chi connectivity index (χ2n) is 8.40. The summed E-state index contributed by atoms with van der Waals surface area (Å²) in [5.41, 5.74) is 1.95. The van der Waals surface area contributed by atoms with Gasteiger partial charge in [0.05, 0.1) is 23.8 Å². The molecule has 0 spiro atoms. The van der Waals surface area contributed by atoms with Crippen molar-refractivity contribution in [3.8, 4) is 5.75 Å². The Morgan fingerprint density at radius 2 is 1.91 bits per heavy atom. The molecule has 0 saturated heterocycles. The first-order valence-electron chi connectivity index (χ1n) is 11.2. The largest absolute Gasteiger partial charge is 0.491 e. The molecule has 1 atom stereocenters. The molecule has 1 N–H and O–H groups in total. The van der Waals surface area contributed by atoms with Crippen molar-refractivity contribution in [2.45, 2.75) is 32.1 Å². The highest BCUT2D eigenvalue weighted by molar-refractivity contribution is 5.99. The second kappa shape index (κ2) is 10.3. The number of carboxylic acids is 1. The van der Waals surface area contributed by atoms with Crippen molar-refractivity contribution in [2.75, 3.05) is 18.6 Å². The van der Waals surface area contributed by atoms with Gasteiger partial charge >= 0.3 is 5.97 Å². The summed E-state index contributed by atoms with van der Waals surface area (Å²) in [6.45, 7) is 0.211. The number of carboxylic acid groups (broad SMARTS) is 1. The van der Waals surface area contributed by atoms with Gasteiger partial charge in [0.2, 0.25) is 5.91 Å². The zero-order chi connectivity index (χ0) is 24.1. The van der Waals surface area contributed by atoms with Crippen LogP contribution in [0.2, 0.25) is 0 Å². The summed E-state index contributed by atoms with van der Waals surface area (Å²) >= 11 is 0. The summed E-state index contributed by atoms with van der Waals surface area (Å²) in [6.07, 6.45) is 2.74. The van der Waals surface area contributed by atoms with Crippen molar-refractivity contribution in [1.29, 1.82) is 0 Å². The van der Waals surface area contributed by atoms with Gasteiger partial charge < -0.3 is 19.3 Å². The molecule has 0 aliphatic carbocycles. The van der Waals surface area contributed by atoms with E-state index in [4.69, 9.17) is 9.26 Å². The summed E-state index contributed by atoms with van der Waals surface area (Å²) in [4.78, 5) is 38.1. The standard InChI is InChI=1S/C26H26N2O6/c1-28-22-14-18(26(31)32)11-12-24(22)33-16-19(25(28)30)9-5-6-10-23(29)21-15-20(34-27-21)13-17-7-3-2-4-8-17/h2-4,7-8,11-12,14-15,19H,5-6,9-10,13,16H2,1H3,(H,31,32)/t19-/m0/s1. The van der Waals surface area contributed by atoms with Crippen LogP contribution in [-0.2, 0) is 11.2 Å². The number of aromatic carboxylic acids is 1. The molecule has 0 fully saturated rings. The third-order valence-electron chi connectivity index (χ3n) is 5.96. The first-order valence-corrected chi connectivity index (χ1v) is 11.2. The Bertz CT molecular complexity index is 1190. The average Bonchev–Trinajstić information content (AvgIpc) is 3.27. The molecule has 1 aromatic heterocycles. The Morgan fingerprint density at radius 3 is 2.68 bits per heavy atom. The highest BCUT2D eigenvalue weighted by Gasteiger charge is 2.29. The molecule has 4 rings (SSSR count). The number of benzene rings is 2. The lowest BCUT2D eigenvalue weighted by Crippen LogP contribution is -2.33. The van der Waals surface area contributed by atoms with Gasteiger partial charge in [0.15, 0.2) is 5.78 Å². The van der Waals surface area contributed by atoms with Gasteiger partial charge in [-0.25, -0.2) is 4.79 Å². The summed E-state index contributed by atoms with van der Waals surface area (Å²) in [7, 11) is 1.62. The van der Waals surface area contributed by atoms with E-state index in [1.54, 1.807) is 19.2 Å². The van der Waals surface area contributed by atoms with Crippen molar-refractivity contribution >= 4 is 23.3 Å². The van der Waals surface area contributed by atoms with Gasteiger partial charge in [-0.15, -0.1) is 0 Å². The van der Waals surface area contributed by atoms with E-state index in [2.05, 4.69) is 5.16 Å². The fourth-order valence-electron chi connectivity index (χ4n) is 4.02. The molecule has 176 valence electrons. The highest BCUT2D eigenvalue weighted by atomic mass is 16.5. The lowest BCUT2D eigenvalue weighted by molar-refractivity contribution is -0.122. The minimum absolute atomic E-state index is 0.0859. The van der Waals surface area contributed by atoms with Crippen LogP contribution in [0.25, 0.3) is 0 Å². The molecule has 0 saturated carbocycles. The van der Waals surface area contributed by atoms with Crippen molar-refractivity contribution < 1.29 is 28.8 Å². The van der Waals surface area contributed by atoms with Gasteiger partial charge in [-0.3, -0.25) is 9.59 Å². The number of fused-ring (bicyclic) bond motifs is 1. The quantitative estimate of drug-likeness (QED) is 0.371. The zero-order valence-electron chi connectivity index (χ0n) is 18.9. The summed E-state index contributed by atoms with van der Waals surface area (Å²) in [5.74, 6) is -0.522. The number of nitrogens with zero attached hydrogens (tertiary/aromatic N) is 2. The van der Waals surface area contributed by atoms with Gasteiger partial charge in [-0.2, -0.15) is 0 Å². The van der Waals surface area contributed by atoms with E-state index in [1.807, 2.05) is 30.3 Å². The third kappa shape index (κ3) is 5.33. The number of ketones is 1. The molecule has 0 unspecified atom stereocenters. The van der Waals surface area contributed by atoms with E-state index in [1.165, 1.54) is 17.0 Å². The van der Waals surface area contributed by atoms with Crippen LogP contribution in [-0.4, -0.2) is 41.6 Å². The van der Waals surface area contributed by atoms with Crippen molar-refractivity contribution in [1.82, 2.24) is 5.16 Å². The molecule has 1 aliphatic rings. The predicted molar refractivity (Wildman–Crippen MR) is 124 cm³/mol. The monoisotopic (exact) mass is 462 g/mol. The number of carbonyl (C=O) groups is 3. The first-order chi connectivity index (χ1) is 16.4. The van der Waals surface area contributed by atoms with Crippen LogP contribution in [0, 0.1) is 5.92 Å². The van der Waals surface area contributed by atoms with E-state index >= 15 is 0 Å². The minimum atomic E-state index is -1.06. The Balaban J connectivity index is 1.27. The number of hydrogen-bond acceptors (Lipinski definition) is 6. The fourth-order valence-corrected chi connectivity index (χ4v) is 4.02. The van der Waals surface area contributed by atoms with E-state index in [0.717, 1.165) is 5.56 Å². The third-order valence-corrected chi connectivity index (χ3v) is 5.96. The van der Waals surface area contributed by atoms with Crippen LogP contribution in [0.1, 0.15) is 57.9 Å². The predicted octanol–water partition coefficient (Wildman–Crippen LogP) is 4.38. The second-order valence-corrected chi connectivity index (χ2v) is 8.40. The molecule has 2 aromatic carbocycles. The molecule has 8 nitrogen and oxygen atoms in total. The number of hydrogen-bond donors (Lipinski definition) is 1. The minimum Gasteiger partial charge on any atom is -0.491 e. The number of Topliss-reactive ketones (excluding diaryl/α,β-unsaturated/α-hetero) is 1. The number of unbranched alkanes of at least 4 members (excludes halogenated alkanes) is 1. The first kappa shape index (κ1) is 23.2. The molecule has 3 aromatic rings. The Kier molecular flexibility index (Phi) is 7.06. The summed E-state index contributed by atoms with van der Waals surface area (Å²) < 4.78 is 11.1. The summed E-state index contributed by atoms with van der Waals surface area (Å²) in [6, 6.07) is 16.0. The lowest BCUT2D eigenvalue weighted by atomic mass is 9.99. The van der Waals surface area contributed by atoms with Gasteiger partial charge in [-0.1, -0.05) is 41.9 Å². The molecule has 2 heterocycles. The van der Waals surface area contributed by atoms with Crippen LogP contribution in [0.15, 0.2) is 59.1 Å². The normalized spacial score (nSPS) is 15.4. The molecule has 0 bridgehead atoms. The van der Waals surface area contributed by atoms with E-state index in [9.17, 15) is 19.5 Å². The van der Waals surface area contributed by atoms with Crippen molar-refractivity contribution in [3.05, 3.63) is 77.2 Å². The van der Waals surface area contributed by atoms with E-state index < -0.39 is 5.97 Å². The molecule has 1 aliphatic heterocycles. The lowest BCUT2D eigenvalue weighted by Gasteiger charge is -2.19. The van der Waals surface area contributed by atoms with E-state index in [0.29, 0.717) is 55.0 Å². The molecule has 8 heteroatoms. The fraction of sp³-hybridized carbons (Fsp3) is 0.308. The average molecular weight is 463 g/mol. The van der Waals surface area contributed by atoms with Crippen molar-refractivity contribution in [3.63, 3.8) is 0 Å². The maximum atomic E-state index is 12.9. The molecule has 34 heavy (non-hydrogen) atoms.